The lowest BCUT2D eigenvalue weighted by Crippen LogP contribution is -2.36. The molecule has 1 aromatic heterocycles. The summed E-state index contributed by atoms with van der Waals surface area (Å²) >= 11 is 10.4. The van der Waals surface area contributed by atoms with Crippen molar-refractivity contribution < 1.29 is 4.79 Å². The minimum Gasteiger partial charge on any atom is -0.332 e. The van der Waals surface area contributed by atoms with E-state index in [9.17, 15) is 4.79 Å². The van der Waals surface area contributed by atoms with Gasteiger partial charge in [-0.25, -0.2) is 4.98 Å². The molecule has 0 unspecified atom stereocenters. The summed E-state index contributed by atoms with van der Waals surface area (Å²) in [6.45, 7) is 3.65. The molecule has 1 amide bonds. The largest absolute Gasteiger partial charge is 0.332 e. The zero-order valence-corrected chi connectivity index (χ0v) is 16.9. The number of para-hydroxylation sites is 1. The Hall–Kier alpha value is -1.83. The van der Waals surface area contributed by atoms with Crippen LogP contribution in [0.2, 0.25) is 0 Å². The van der Waals surface area contributed by atoms with Crippen LogP contribution in [0.1, 0.15) is 13.8 Å². The van der Waals surface area contributed by atoms with Crippen LogP contribution in [0.3, 0.4) is 0 Å². The number of nitrogens with one attached hydrogen (secondary N) is 2. The monoisotopic (exact) mass is 433 g/mol. The van der Waals surface area contributed by atoms with E-state index in [-0.39, 0.29) is 16.9 Å². The van der Waals surface area contributed by atoms with Crippen LogP contribution in [0.4, 0.5) is 5.69 Å². The van der Waals surface area contributed by atoms with E-state index in [0.29, 0.717) is 0 Å². The third kappa shape index (κ3) is 4.23. The van der Waals surface area contributed by atoms with E-state index >= 15 is 0 Å². The van der Waals surface area contributed by atoms with Crippen LogP contribution in [0.15, 0.2) is 46.9 Å². The zero-order valence-electron chi connectivity index (χ0n) is 13.7. The van der Waals surface area contributed by atoms with Crippen molar-refractivity contribution in [2.45, 2.75) is 13.8 Å². The van der Waals surface area contributed by atoms with Gasteiger partial charge in [0.2, 0.25) is 5.91 Å². The molecule has 7 heteroatoms. The molecular weight excluding hydrogens is 418 g/mol. The molecule has 1 heterocycles. The number of carbonyl (C=O) groups excluding carboxylic acids is 1. The number of hydrogen-bond donors (Lipinski definition) is 2. The number of benzene rings is 2. The van der Waals surface area contributed by atoms with Crippen LogP contribution in [-0.4, -0.2) is 16.0 Å². The Kier molecular flexibility index (Phi) is 5.46. The smallest absolute Gasteiger partial charge is 0.228 e. The summed E-state index contributed by atoms with van der Waals surface area (Å²) in [5.74, 6) is -0.246. The second-order valence-corrected chi connectivity index (χ2v) is 8.13. The first-order valence-electron chi connectivity index (χ1n) is 7.71. The maximum Gasteiger partial charge on any atom is 0.228 e. The number of carbonyl (C=O) groups is 1. The lowest BCUT2D eigenvalue weighted by molar-refractivity contribution is -0.122. The molecule has 0 atom stereocenters. The van der Waals surface area contributed by atoms with Gasteiger partial charge in [-0.1, -0.05) is 41.9 Å². The Labute approximate surface area is 163 Å². The second-order valence-electron chi connectivity index (χ2n) is 5.77. The molecule has 0 aliphatic heterocycles. The van der Waals surface area contributed by atoms with Gasteiger partial charge in [-0.2, -0.15) is 0 Å². The number of halogens is 1. The van der Waals surface area contributed by atoms with Gasteiger partial charge in [0.15, 0.2) is 5.11 Å². The number of thiocarbonyl (C=S) groups is 1. The summed E-state index contributed by atoms with van der Waals surface area (Å²) in [6, 6.07) is 13.9. The highest BCUT2D eigenvalue weighted by molar-refractivity contribution is 9.10. The average Bonchev–Trinajstić information content (AvgIpc) is 3.00. The first-order chi connectivity index (χ1) is 11.9. The SMILES string of the molecule is CC(C)C(=O)NC(=S)Nc1ccc(Br)cc1-c1nc2ccccc2s1. The number of hydrogen-bond acceptors (Lipinski definition) is 4. The molecule has 0 bridgehead atoms. The third-order valence-corrected chi connectivity index (χ3v) is 5.28. The molecule has 0 aliphatic rings. The minimum atomic E-state index is -0.131. The molecule has 25 heavy (non-hydrogen) atoms. The van der Waals surface area contributed by atoms with Gasteiger partial charge in [-0.05, 0) is 42.5 Å². The van der Waals surface area contributed by atoms with E-state index in [1.807, 2.05) is 50.2 Å². The van der Waals surface area contributed by atoms with Crippen molar-refractivity contribution in [2.24, 2.45) is 5.92 Å². The maximum atomic E-state index is 11.8. The van der Waals surface area contributed by atoms with Crippen LogP contribution in [0.5, 0.6) is 0 Å². The van der Waals surface area contributed by atoms with E-state index in [0.717, 1.165) is 30.9 Å². The summed E-state index contributed by atoms with van der Waals surface area (Å²) in [5, 5.41) is 6.98. The van der Waals surface area contributed by atoms with Gasteiger partial charge in [0.25, 0.3) is 0 Å². The topological polar surface area (TPSA) is 54.0 Å². The zero-order chi connectivity index (χ0) is 18.0. The standard InChI is InChI=1S/C18H16BrN3OS2/c1-10(2)16(23)22-18(24)21-13-8-7-11(19)9-12(13)17-20-14-5-3-4-6-15(14)25-17/h3-10H,1-2H3,(H2,21,22,23,24). The highest BCUT2D eigenvalue weighted by Gasteiger charge is 2.14. The maximum absolute atomic E-state index is 11.8. The van der Waals surface area contributed by atoms with Crippen LogP contribution in [0.25, 0.3) is 20.8 Å². The fraction of sp³-hybridized carbons (Fsp3) is 0.167. The summed E-state index contributed by atoms with van der Waals surface area (Å²) in [6.07, 6.45) is 0. The normalized spacial score (nSPS) is 10.9. The predicted octanol–water partition coefficient (Wildman–Crippen LogP) is 5.19. The fourth-order valence-corrected chi connectivity index (χ4v) is 3.77. The minimum absolute atomic E-state index is 0.115. The number of anilines is 1. The average molecular weight is 434 g/mol. The highest BCUT2D eigenvalue weighted by Crippen LogP contribution is 2.36. The Morgan fingerprint density at radius 1 is 1.24 bits per heavy atom. The molecule has 2 N–H and O–H groups in total. The van der Waals surface area contributed by atoms with Gasteiger partial charge in [0.05, 0.1) is 15.9 Å². The van der Waals surface area contributed by atoms with Crippen LogP contribution < -0.4 is 10.6 Å². The first-order valence-corrected chi connectivity index (χ1v) is 9.73. The van der Waals surface area contributed by atoms with Crippen molar-refractivity contribution in [1.82, 2.24) is 10.3 Å². The Morgan fingerprint density at radius 2 is 2.00 bits per heavy atom. The van der Waals surface area contributed by atoms with Gasteiger partial charge in [0, 0.05) is 16.0 Å². The predicted molar refractivity (Wildman–Crippen MR) is 112 cm³/mol. The molecule has 0 fully saturated rings. The first kappa shape index (κ1) is 18.0. The van der Waals surface area contributed by atoms with E-state index in [1.165, 1.54) is 0 Å². The number of fused-ring (bicyclic) bond motifs is 1. The number of aromatic nitrogens is 1. The van der Waals surface area contributed by atoms with Gasteiger partial charge < -0.3 is 10.6 Å². The second kappa shape index (κ2) is 7.59. The molecule has 0 radical (unpaired) electrons. The lowest BCUT2D eigenvalue weighted by atomic mass is 10.2. The van der Waals surface area contributed by atoms with Crippen LogP contribution in [0, 0.1) is 5.92 Å². The Balaban J connectivity index is 1.93. The van der Waals surface area contributed by atoms with E-state index < -0.39 is 0 Å². The summed E-state index contributed by atoms with van der Waals surface area (Å²) in [4.78, 5) is 16.5. The Bertz CT molecular complexity index is 919. The van der Waals surface area contributed by atoms with Crippen molar-refractivity contribution in [2.75, 3.05) is 5.32 Å². The van der Waals surface area contributed by atoms with Gasteiger partial charge in [-0.3, -0.25) is 4.79 Å². The molecule has 0 saturated carbocycles. The van der Waals surface area contributed by atoms with Crippen molar-refractivity contribution in [3.05, 3.63) is 46.9 Å². The summed E-state index contributed by atoms with van der Waals surface area (Å²) in [7, 11) is 0. The molecule has 0 spiro atoms. The van der Waals surface area contributed by atoms with E-state index in [2.05, 4.69) is 32.6 Å². The van der Waals surface area contributed by atoms with E-state index in [4.69, 9.17) is 17.2 Å². The number of amides is 1. The van der Waals surface area contributed by atoms with Crippen molar-refractivity contribution in [1.29, 1.82) is 0 Å². The lowest BCUT2D eigenvalue weighted by Gasteiger charge is -2.14. The molecule has 0 aliphatic carbocycles. The van der Waals surface area contributed by atoms with Gasteiger partial charge >= 0.3 is 0 Å². The molecule has 0 saturated heterocycles. The van der Waals surface area contributed by atoms with Crippen molar-refractivity contribution in [3.63, 3.8) is 0 Å². The summed E-state index contributed by atoms with van der Waals surface area (Å²) < 4.78 is 2.07. The van der Waals surface area contributed by atoms with Crippen LogP contribution in [-0.2, 0) is 4.79 Å². The molecular formula is C18H16BrN3OS2. The van der Waals surface area contributed by atoms with Crippen molar-refractivity contribution in [3.8, 4) is 10.6 Å². The Morgan fingerprint density at radius 3 is 2.72 bits per heavy atom. The quantitative estimate of drug-likeness (QED) is 0.557. The molecule has 3 aromatic rings. The number of rotatable bonds is 3. The van der Waals surface area contributed by atoms with E-state index in [1.54, 1.807) is 11.3 Å². The molecule has 2 aromatic carbocycles. The number of nitrogens with zero attached hydrogens (tertiary/aromatic N) is 1. The number of thiazole rings is 1. The molecule has 128 valence electrons. The molecule has 4 nitrogen and oxygen atoms in total. The molecule has 3 rings (SSSR count). The van der Waals surface area contributed by atoms with Crippen LogP contribution >= 0.6 is 39.5 Å². The third-order valence-electron chi connectivity index (χ3n) is 3.52. The fourth-order valence-electron chi connectivity index (χ4n) is 2.20. The van der Waals surface area contributed by atoms with Gasteiger partial charge in [-0.15, -0.1) is 11.3 Å². The summed E-state index contributed by atoms with van der Waals surface area (Å²) in [5.41, 5.74) is 2.69. The highest BCUT2D eigenvalue weighted by atomic mass is 79.9. The van der Waals surface area contributed by atoms with Gasteiger partial charge in [0.1, 0.15) is 5.01 Å². The van der Waals surface area contributed by atoms with Crippen molar-refractivity contribution >= 4 is 66.4 Å².